The lowest BCUT2D eigenvalue weighted by Gasteiger charge is -2.08. The van der Waals surface area contributed by atoms with Gasteiger partial charge in [-0.3, -0.25) is 15.5 Å². The van der Waals surface area contributed by atoms with Crippen molar-refractivity contribution in [2.75, 3.05) is 5.43 Å². The lowest BCUT2D eigenvalue weighted by Crippen LogP contribution is -2.11. The van der Waals surface area contributed by atoms with Gasteiger partial charge in [-0.1, -0.05) is 0 Å². The summed E-state index contributed by atoms with van der Waals surface area (Å²) in [6, 6.07) is 5.79. The van der Waals surface area contributed by atoms with Crippen LogP contribution in [0.3, 0.4) is 0 Å². The highest BCUT2D eigenvalue weighted by Gasteiger charge is 2.12. The number of hydrazine groups is 1. The number of halogens is 1. The van der Waals surface area contributed by atoms with Crippen LogP contribution >= 0.6 is 15.9 Å². The van der Waals surface area contributed by atoms with Crippen molar-refractivity contribution < 1.29 is 9.66 Å². The third kappa shape index (κ3) is 3.19. The predicted molar refractivity (Wildman–Crippen MR) is 75.4 cm³/mol. The van der Waals surface area contributed by atoms with Gasteiger partial charge in [-0.05, 0) is 28.9 Å². The van der Waals surface area contributed by atoms with Gasteiger partial charge in [-0.25, -0.2) is 10.8 Å². The van der Waals surface area contributed by atoms with Crippen LogP contribution in [0.1, 0.15) is 5.69 Å². The maximum Gasteiger partial charge on any atom is 0.273 e. The summed E-state index contributed by atoms with van der Waals surface area (Å²) in [5.74, 6) is 5.95. The fourth-order valence-corrected chi connectivity index (χ4v) is 1.78. The molecule has 2 aromatic rings. The van der Waals surface area contributed by atoms with Crippen molar-refractivity contribution in [3.63, 3.8) is 0 Å². The van der Waals surface area contributed by atoms with Crippen LogP contribution in [0, 0.1) is 17.0 Å². The number of nitrogens with two attached hydrogens (primary N) is 1. The average Bonchev–Trinajstić information content (AvgIpc) is 2.40. The Morgan fingerprint density at radius 2 is 2.15 bits per heavy atom. The van der Waals surface area contributed by atoms with Gasteiger partial charge in [0.05, 0.1) is 15.5 Å². The molecule has 0 unspecified atom stereocenters. The summed E-state index contributed by atoms with van der Waals surface area (Å²) < 4.78 is 6.10. The number of nitrogens with zero attached hydrogens (tertiary/aromatic N) is 3. The number of nitrogen functional groups attached to an aromatic ring is 1. The number of ether oxygens (including phenoxy) is 1. The minimum absolute atomic E-state index is 0.0776. The Morgan fingerprint density at radius 1 is 1.40 bits per heavy atom. The van der Waals surface area contributed by atoms with Crippen LogP contribution in [-0.4, -0.2) is 14.9 Å². The van der Waals surface area contributed by atoms with Crippen LogP contribution in [0.5, 0.6) is 11.6 Å². The topological polar surface area (TPSA) is 116 Å². The van der Waals surface area contributed by atoms with Crippen molar-refractivity contribution in [3.05, 3.63) is 44.5 Å². The number of aryl methyl sites for hydroxylation is 1. The van der Waals surface area contributed by atoms with E-state index < -0.39 is 4.92 Å². The zero-order valence-electron chi connectivity index (χ0n) is 10.3. The van der Waals surface area contributed by atoms with Crippen LogP contribution in [0.2, 0.25) is 0 Å². The lowest BCUT2D eigenvalue weighted by atomic mass is 10.3. The molecule has 0 radical (unpaired) electrons. The van der Waals surface area contributed by atoms with Crippen molar-refractivity contribution >= 4 is 27.6 Å². The van der Waals surface area contributed by atoms with Crippen LogP contribution in [-0.2, 0) is 0 Å². The summed E-state index contributed by atoms with van der Waals surface area (Å²) >= 11 is 3.26. The first kappa shape index (κ1) is 14.2. The maximum absolute atomic E-state index is 10.8. The van der Waals surface area contributed by atoms with E-state index in [0.717, 1.165) is 0 Å². The molecule has 20 heavy (non-hydrogen) atoms. The number of anilines is 1. The Kier molecular flexibility index (Phi) is 4.11. The third-order valence-electron chi connectivity index (χ3n) is 2.30. The third-order valence-corrected chi connectivity index (χ3v) is 2.96. The van der Waals surface area contributed by atoms with E-state index in [1.54, 1.807) is 13.0 Å². The summed E-state index contributed by atoms with van der Waals surface area (Å²) in [7, 11) is 0. The van der Waals surface area contributed by atoms with E-state index in [9.17, 15) is 10.1 Å². The van der Waals surface area contributed by atoms with Gasteiger partial charge in [0, 0.05) is 17.8 Å². The molecule has 0 amide bonds. The highest BCUT2D eigenvalue weighted by atomic mass is 79.9. The van der Waals surface area contributed by atoms with E-state index in [1.165, 1.54) is 18.2 Å². The van der Waals surface area contributed by atoms with Crippen molar-refractivity contribution in [3.8, 4) is 11.6 Å². The number of hydrogen-bond donors (Lipinski definition) is 2. The number of rotatable bonds is 4. The van der Waals surface area contributed by atoms with E-state index in [-0.39, 0.29) is 23.3 Å². The molecule has 1 aromatic heterocycles. The smallest absolute Gasteiger partial charge is 0.273 e. The normalized spacial score (nSPS) is 10.2. The maximum atomic E-state index is 10.8. The Balaban J connectivity index is 2.36. The second-order valence-corrected chi connectivity index (χ2v) is 4.64. The average molecular weight is 340 g/mol. The number of nitro benzene ring substituents is 1. The molecule has 0 aliphatic heterocycles. The van der Waals surface area contributed by atoms with Crippen molar-refractivity contribution in [1.82, 2.24) is 9.97 Å². The number of hydrogen-bond acceptors (Lipinski definition) is 7. The van der Waals surface area contributed by atoms with Crippen molar-refractivity contribution in [2.45, 2.75) is 6.92 Å². The van der Waals surface area contributed by atoms with Crippen LogP contribution in [0.25, 0.3) is 0 Å². The van der Waals surface area contributed by atoms with Crippen LogP contribution in [0.15, 0.2) is 28.7 Å². The van der Waals surface area contributed by atoms with E-state index in [0.29, 0.717) is 10.2 Å². The van der Waals surface area contributed by atoms with E-state index in [4.69, 9.17) is 10.6 Å². The molecule has 0 aliphatic rings. The Hall–Kier alpha value is -2.26. The second-order valence-electron chi connectivity index (χ2n) is 3.79. The standard InChI is InChI=1S/C11H10BrN5O3/c1-6-4-10(15-11(14-6)16-13)20-9-5-7(17(18)19)2-3-8(9)12/h2-5H,13H2,1H3,(H,14,15,16). The quantitative estimate of drug-likeness (QED) is 0.499. The molecular formula is C11H10BrN5O3. The molecule has 0 saturated carbocycles. The van der Waals surface area contributed by atoms with Gasteiger partial charge in [0.2, 0.25) is 11.8 Å². The van der Waals surface area contributed by atoms with Gasteiger partial charge in [-0.2, -0.15) is 4.98 Å². The number of nitrogens with one attached hydrogen (secondary N) is 1. The van der Waals surface area contributed by atoms with Crippen LogP contribution < -0.4 is 16.0 Å². The molecule has 0 atom stereocenters. The molecule has 104 valence electrons. The molecule has 3 N–H and O–H groups in total. The Morgan fingerprint density at radius 3 is 2.80 bits per heavy atom. The number of benzene rings is 1. The zero-order valence-corrected chi connectivity index (χ0v) is 11.9. The van der Waals surface area contributed by atoms with Gasteiger partial charge >= 0.3 is 0 Å². The van der Waals surface area contributed by atoms with Gasteiger partial charge in [-0.15, -0.1) is 0 Å². The van der Waals surface area contributed by atoms with Gasteiger partial charge in [0.25, 0.3) is 5.69 Å². The summed E-state index contributed by atoms with van der Waals surface area (Å²) in [5.41, 5.74) is 2.88. The molecule has 9 heteroatoms. The summed E-state index contributed by atoms with van der Waals surface area (Å²) in [5, 5.41) is 10.8. The van der Waals surface area contributed by atoms with Gasteiger partial charge < -0.3 is 4.74 Å². The minimum atomic E-state index is -0.503. The number of nitro groups is 1. The molecular weight excluding hydrogens is 330 g/mol. The predicted octanol–water partition coefficient (Wildman–Crippen LogP) is 2.53. The molecule has 0 aliphatic carbocycles. The SMILES string of the molecule is Cc1cc(Oc2cc([N+](=O)[O-])ccc2Br)nc(NN)n1. The Labute approximate surface area is 122 Å². The first-order valence-corrected chi connectivity index (χ1v) is 6.23. The lowest BCUT2D eigenvalue weighted by molar-refractivity contribution is -0.384. The fourth-order valence-electron chi connectivity index (χ4n) is 1.45. The van der Waals surface area contributed by atoms with E-state index in [2.05, 4.69) is 31.3 Å². The summed E-state index contributed by atoms with van der Waals surface area (Å²) in [4.78, 5) is 18.3. The van der Waals surface area contributed by atoms with Crippen molar-refractivity contribution in [2.24, 2.45) is 5.84 Å². The van der Waals surface area contributed by atoms with Gasteiger partial charge in [0.15, 0.2) is 5.75 Å². The summed E-state index contributed by atoms with van der Waals surface area (Å²) in [6.07, 6.45) is 0. The van der Waals surface area contributed by atoms with E-state index in [1.807, 2.05) is 0 Å². The summed E-state index contributed by atoms with van der Waals surface area (Å²) in [6.45, 7) is 1.75. The zero-order chi connectivity index (χ0) is 14.7. The first-order valence-electron chi connectivity index (χ1n) is 5.43. The molecule has 0 fully saturated rings. The van der Waals surface area contributed by atoms with Crippen LogP contribution in [0.4, 0.5) is 11.6 Å². The molecule has 1 aromatic carbocycles. The molecule has 0 saturated heterocycles. The number of non-ortho nitro benzene ring substituents is 1. The van der Waals surface area contributed by atoms with Crippen molar-refractivity contribution in [1.29, 1.82) is 0 Å². The molecule has 1 heterocycles. The van der Waals surface area contributed by atoms with E-state index >= 15 is 0 Å². The molecule has 8 nitrogen and oxygen atoms in total. The molecule has 0 bridgehead atoms. The number of aromatic nitrogens is 2. The van der Waals surface area contributed by atoms with Gasteiger partial charge in [0.1, 0.15) is 0 Å². The highest BCUT2D eigenvalue weighted by Crippen LogP contribution is 2.32. The molecule has 0 spiro atoms. The first-order chi connectivity index (χ1) is 9.49. The fraction of sp³-hybridized carbons (Fsp3) is 0.0909. The largest absolute Gasteiger partial charge is 0.437 e. The second kappa shape index (κ2) is 5.80. The molecule has 2 rings (SSSR count). The monoisotopic (exact) mass is 339 g/mol. The minimum Gasteiger partial charge on any atom is -0.437 e. The highest BCUT2D eigenvalue weighted by molar-refractivity contribution is 9.10. The Bertz CT molecular complexity index is 665.